The molecule has 4 N–H and O–H groups in total. The minimum absolute atomic E-state index is 0.0960. The lowest BCUT2D eigenvalue weighted by molar-refractivity contribution is -0.114. The molecule has 0 amide bonds. The molecule has 2 unspecified atom stereocenters. The van der Waals surface area contributed by atoms with Crippen LogP contribution in [0.1, 0.15) is 52.4 Å². The van der Waals surface area contributed by atoms with Gasteiger partial charge in [-0.1, -0.05) is 37.6 Å². The zero-order chi connectivity index (χ0) is 15.8. The van der Waals surface area contributed by atoms with E-state index in [1.54, 1.807) is 0 Å². The molecule has 0 aliphatic heterocycles. The molecule has 0 spiro atoms. The molecule has 22 heavy (non-hydrogen) atoms. The van der Waals surface area contributed by atoms with Crippen LogP contribution in [0.3, 0.4) is 0 Å². The average molecular weight is 303 g/mol. The number of allylic oxidation sites excluding steroid dienone is 2. The Hall–Kier alpha value is -0.640. The summed E-state index contributed by atoms with van der Waals surface area (Å²) in [6.45, 7) is 4.56. The lowest BCUT2D eigenvalue weighted by atomic mass is 9.48. The molecule has 7 atom stereocenters. The highest BCUT2D eigenvalue weighted by molar-refractivity contribution is 5.33. The van der Waals surface area contributed by atoms with E-state index in [0.29, 0.717) is 17.8 Å². The van der Waals surface area contributed by atoms with E-state index in [-0.39, 0.29) is 16.9 Å². The highest BCUT2D eigenvalue weighted by Crippen LogP contribution is 2.65. The van der Waals surface area contributed by atoms with E-state index < -0.39 is 5.72 Å². The quantitative estimate of drug-likeness (QED) is 0.476. The lowest BCUT2D eigenvalue weighted by Gasteiger charge is -2.57. The molecule has 4 aliphatic carbocycles. The molecule has 0 aromatic heterocycles. The second-order valence-corrected chi connectivity index (χ2v) is 8.67. The predicted octanol–water partition coefficient (Wildman–Crippen LogP) is 2.73. The van der Waals surface area contributed by atoms with E-state index in [0.717, 1.165) is 38.5 Å². The molecule has 3 nitrogen and oxygen atoms in total. The summed E-state index contributed by atoms with van der Waals surface area (Å²) < 4.78 is 0. The molecule has 3 heteroatoms. The van der Waals surface area contributed by atoms with E-state index in [9.17, 15) is 10.2 Å². The van der Waals surface area contributed by atoms with Crippen molar-refractivity contribution in [3.05, 3.63) is 23.8 Å². The summed E-state index contributed by atoms with van der Waals surface area (Å²) in [5, 5.41) is 20.6. The minimum atomic E-state index is -0.994. The Morgan fingerprint density at radius 2 is 1.91 bits per heavy atom. The van der Waals surface area contributed by atoms with Crippen LogP contribution in [-0.4, -0.2) is 22.0 Å². The van der Waals surface area contributed by atoms with Crippen molar-refractivity contribution >= 4 is 0 Å². The summed E-state index contributed by atoms with van der Waals surface area (Å²) in [6.07, 6.45) is 12.1. The van der Waals surface area contributed by atoms with E-state index >= 15 is 0 Å². The van der Waals surface area contributed by atoms with E-state index in [1.165, 1.54) is 5.57 Å². The molecular formula is C19H29NO2. The maximum Gasteiger partial charge on any atom is 0.119 e. The molecule has 0 radical (unpaired) electrons. The molecular weight excluding hydrogens is 274 g/mol. The van der Waals surface area contributed by atoms with Crippen molar-refractivity contribution < 1.29 is 10.2 Å². The van der Waals surface area contributed by atoms with Gasteiger partial charge in [-0.05, 0) is 56.3 Å². The molecule has 2 saturated carbocycles. The second kappa shape index (κ2) is 4.46. The molecule has 0 heterocycles. The maximum atomic E-state index is 10.7. The Bertz CT molecular complexity index is 552. The van der Waals surface area contributed by atoms with Crippen molar-refractivity contribution in [1.29, 1.82) is 0 Å². The van der Waals surface area contributed by atoms with Crippen LogP contribution in [0.15, 0.2) is 23.8 Å². The van der Waals surface area contributed by atoms with Gasteiger partial charge < -0.3 is 15.9 Å². The van der Waals surface area contributed by atoms with Gasteiger partial charge in [-0.2, -0.15) is 0 Å². The third kappa shape index (κ3) is 1.73. The molecule has 0 bridgehead atoms. The summed E-state index contributed by atoms with van der Waals surface area (Å²) in [7, 11) is 0. The lowest BCUT2D eigenvalue weighted by Crippen LogP contribution is -2.57. The SMILES string of the molecule is C[C@]12C=CC(O)CC1=CC[C@@H]1[C@H]2CC[C@@]2(C)[C@H]1CCC2(N)O. The van der Waals surface area contributed by atoms with Gasteiger partial charge in [0.1, 0.15) is 5.72 Å². The fourth-order valence-corrected chi connectivity index (χ4v) is 6.29. The third-order valence-corrected chi connectivity index (χ3v) is 7.84. The maximum absolute atomic E-state index is 10.7. The van der Waals surface area contributed by atoms with E-state index in [2.05, 4.69) is 26.0 Å². The van der Waals surface area contributed by atoms with Crippen LogP contribution in [0.2, 0.25) is 0 Å². The summed E-state index contributed by atoms with van der Waals surface area (Å²) in [4.78, 5) is 0. The van der Waals surface area contributed by atoms with Crippen molar-refractivity contribution in [2.24, 2.45) is 34.3 Å². The molecule has 4 aliphatic rings. The number of rotatable bonds is 0. The van der Waals surface area contributed by atoms with Crippen LogP contribution in [0.4, 0.5) is 0 Å². The Kier molecular flexibility index (Phi) is 3.03. The van der Waals surface area contributed by atoms with Crippen LogP contribution in [-0.2, 0) is 0 Å². The van der Waals surface area contributed by atoms with Crippen molar-refractivity contribution in [2.45, 2.75) is 64.2 Å². The predicted molar refractivity (Wildman–Crippen MR) is 86.8 cm³/mol. The van der Waals surface area contributed by atoms with E-state index in [1.807, 2.05) is 6.08 Å². The number of fused-ring (bicyclic) bond motifs is 5. The Balaban J connectivity index is 1.72. The Morgan fingerprint density at radius 3 is 2.68 bits per heavy atom. The normalized spacial score (nSPS) is 56.9. The Labute approximate surface area is 133 Å². The molecule has 0 saturated heterocycles. The van der Waals surface area contributed by atoms with Gasteiger partial charge in [0.05, 0.1) is 6.10 Å². The van der Waals surface area contributed by atoms with Gasteiger partial charge in [0.25, 0.3) is 0 Å². The highest BCUT2D eigenvalue weighted by atomic mass is 16.3. The smallest absolute Gasteiger partial charge is 0.119 e. The first-order valence-electron chi connectivity index (χ1n) is 8.86. The van der Waals surface area contributed by atoms with Gasteiger partial charge in [-0.15, -0.1) is 0 Å². The zero-order valence-electron chi connectivity index (χ0n) is 13.8. The van der Waals surface area contributed by atoms with Crippen molar-refractivity contribution in [2.75, 3.05) is 0 Å². The fourth-order valence-electron chi connectivity index (χ4n) is 6.29. The van der Waals surface area contributed by atoms with Gasteiger partial charge in [-0.3, -0.25) is 0 Å². The van der Waals surface area contributed by atoms with Gasteiger partial charge in [0.15, 0.2) is 0 Å². The van der Waals surface area contributed by atoms with Crippen molar-refractivity contribution in [3.8, 4) is 0 Å². The first-order chi connectivity index (χ1) is 10.3. The first kappa shape index (κ1) is 14.9. The number of nitrogens with two attached hydrogens (primary N) is 1. The van der Waals surface area contributed by atoms with Crippen LogP contribution in [0.5, 0.6) is 0 Å². The molecule has 2 fully saturated rings. The summed E-state index contributed by atoms with van der Waals surface area (Å²) in [5.41, 5.74) is 6.66. The van der Waals surface area contributed by atoms with Crippen molar-refractivity contribution in [1.82, 2.24) is 0 Å². The number of hydrogen-bond acceptors (Lipinski definition) is 3. The largest absolute Gasteiger partial charge is 0.389 e. The molecule has 122 valence electrons. The molecule has 4 rings (SSSR count). The second-order valence-electron chi connectivity index (χ2n) is 8.67. The number of hydrogen-bond donors (Lipinski definition) is 3. The highest BCUT2D eigenvalue weighted by Gasteiger charge is 2.62. The number of aliphatic hydroxyl groups is 2. The van der Waals surface area contributed by atoms with Crippen LogP contribution in [0.25, 0.3) is 0 Å². The van der Waals surface area contributed by atoms with Gasteiger partial charge in [-0.25, -0.2) is 0 Å². The topological polar surface area (TPSA) is 66.5 Å². The first-order valence-corrected chi connectivity index (χ1v) is 8.86. The fraction of sp³-hybridized carbons (Fsp3) is 0.789. The monoisotopic (exact) mass is 303 g/mol. The zero-order valence-corrected chi connectivity index (χ0v) is 13.8. The van der Waals surface area contributed by atoms with Crippen LogP contribution in [0, 0.1) is 28.6 Å². The summed E-state index contributed by atoms with van der Waals surface area (Å²) >= 11 is 0. The summed E-state index contributed by atoms with van der Waals surface area (Å²) in [5.74, 6) is 1.77. The van der Waals surface area contributed by atoms with Gasteiger partial charge in [0.2, 0.25) is 0 Å². The van der Waals surface area contributed by atoms with Crippen LogP contribution < -0.4 is 5.73 Å². The van der Waals surface area contributed by atoms with Crippen LogP contribution >= 0.6 is 0 Å². The third-order valence-electron chi connectivity index (χ3n) is 7.84. The average Bonchev–Trinajstić information content (AvgIpc) is 2.70. The number of aliphatic hydroxyl groups excluding tert-OH is 1. The Morgan fingerprint density at radius 1 is 1.18 bits per heavy atom. The standard InChI is InChI=1S/C19H29NO2/c1-17-8-5-13(21)11-12(17)3-4-14-15(17)6-9-18(2)16(14)7-10-19(18,20)22/h3,5,8,13-16,21-22H,4,6-7,9-11,20H2,1-2H3/t13?,14-,15-,16+,17+,18+,19?/m1/s1. The van der Waals surface area contributed by atoms with Crippen molar-refractivity contribution in [3.63, 3.8) is 0 Å². The van der Waals surface area contributed by atoms with E-state index in [4.69, 9.17) is 5.73 Å². The molecule has 0 aromatic rings. The summed E-state index contributed by atoms with van der Waals surface area (Å²) in [6, 6.07) is 0. The minimum Gasteiger partial charge on any atom is -0.389 e. The van der Waals surface area contributed by atoms with Gasteiger partial charge in [0, 0.05) is 10.8 Å². The molecule has 0 aromatic carbocycles. The van der Waals surface area contributed by atoms with Gasteiger partial charge >= 0.3 is 0 Å².